The van der Waals surface area contributed by atoms with E-state index in [4.69, 9.17) is 10.2 Å². The summed E-state index contributed by atoms with van der Waals surface area (Å²) in [5, 5.41) is 17.7. The van der Waals surface area contributed by atoms with Crippen LogP contribution in [0.4, 0.5) is 4.79 Å². The zero-order chi connectivity index (χ0) is 12.8. The highest BCUT2D eigenvalue weighted by atomic mass is 16.4. The highest BCUT2D eigenvalue weighted by Gasteiger charge is 2.28. The van der Waals surface area contributed by atoms with E-state index >= 15 is 0 Å². The van der Waals surface area contributed by atoms with Crippen LogP contribution in [0.1, 0.15) is 19.8 Å². The molecule has 0 radical (unpaired) electrons. The van der Waals surface area contributed by atoms with Crippen molar-refractivity contribution in [2.45, 2.75) is 19.8 Å². The zero-order valence-electron chi connectivity index (χ0n) is 10.1. The van der Waals surface area contributed by atoms with Crippen molar-refractivity contribution >= 4 is 12.0 Å². The summed E-state index contributed by atoms with van der Waals surface area (Å²) in [6.45, 7) is 3.66. The van der Waals surface area contributed by atoms with Crippen molar-refractivity contribution in [3.63, 3.8) is 0 Å². The van der Waals surface area contributed by atoms with E-state index in [1.54, 1.807) is 9.80 Å². The number of aliphatic carboxylic acids is 1. The van der Waals surface area contributed by atoms with Crippen LogP contribution in [0.15, 0.2) is 0 Å². The number of rotatable bonds is 4. The molecule has 6 nitrogen and oxygen atoms in total. The third kappa shape index (κ3) is 3.59. The van der Waals surface area contributed by atoms with Crippen molar-refractivity contribution in [2.75, 3.05) is 32.8 Å². The topological polar surface area (TPSA) is 81.1 Å². The lowest BCUT2D eigenvalue weighted by atomic mass is 9.97. The molecule has 0 aromatic carbocycles. The summed E-state index contributed by atoms with van der Waals surface area (Å²) in [5.41, 5.74) is 0. The molecule has 6 heteroatoms. The lowest BCUT2D eigenvalue weighted by molar-refractivity contribution is -0.143. The van der Waals surface area contributed by atoms with E-state index in [1.165, 1.54) is 0 Å². The minimum absolute atomic E-state index is 0.0504. The van der Waals surface area contributed by atoms with Crippen molar-refractivity contribution in [1.82, 2.24) is 9.80 Å². The van der Waals surface area contributed by atoms with Crippen LogP contribution in [0.25, 0.3) is 0 Å². The molecule has 0 aromatic heterocycles. The van der Waals surface area contributed by atoms with Crippen LogP contribution in [-0.4, -0.2) is 64.8 Å². The molecule has 98 valence electrons. The second-order valence-corrected chi connectivity index (χ2v) is 4.19. The van der Waals surface area contributed by atoms with E-state index < -0.39 is 5.97 Å². The fraction of sp³-hybridized carbons (Fsp3) is 0.818. The zero-order valence-corrected chi connectivity index (χ0v) is 10.1. The van der Waals surface area contributed by atoms with Gasteiger partial charge in [0.1, 0.15) is 0 Å². The van der Waals surface area contributed by atoms with E-state index in [2.05, 4.69) is 0 Å². The van der Waals surface area contributed by atoms with Crippen LogP contribution in [-0.2, 0) is 4.79 Å². The molecular formula is C11H20N2O4. The lowest BCUT2D eigenvalue weighted by Gasteiger charge is -2.34. The Morgan fingerprint density at radius 3 is 2.35 bits per heavy atom. The van der Waals surface area contributed by atoms with E-state index in [9.17, 15) is 9.59 Å². The summed E-state index contributed by atoms with van der Waals surface area (Å²) in [7, 11) is 0. The standard InChI is InChI=1S/C11H20N2O4/c1-2-12(7-8-14)11(17)13-5-3-9(4-6-13)10(15)16/h9,14H,2-8H2,1H3,(H,15,16). The van der Waals surface area contributed by atoms with Gasteiger partial charge in [0.2, 0.25) is 0 Å². The molecule has 0 bridgehead atoms. The molecule has 0 saturated carbocycles. The van der Waals surface area contributed by atoms with Crippen molar-refractivity contribution in [2.24, 2.45) is 5.92 Å². The molecule has 1 saturated heterocycles. The highest BCUT2D eigenvalue weighted by molar-refractivity contribution is 5.75. The van der Waals surface area contributed by atoms with Gasteiger partial charge < -0.3 is 20.0 Å². The third-order valence-electron chi connectivity index (χ3n) is 3.14. The number of hydrogen-bond acceptors (Lipinski definition) is 3. The molecule has 1 rings (SSSR count). The first-order valence-corrected chi connectivity index (χ1v) is 5.97. The van der Waals surface area contributed by atoms with Crippen LogP contribution in [0.3, 0.4) is 0 Å². The van der Waals surface area contributed by atoms with Crippen LogP contribution in [0.5, 0.6) is 0 Å². The molecular weight excluding hydrogens is 224 g/mol. The van der Waals surface area contributed by atoms with E-state index in [-0.39, 0.29) is 18.6 Å². The largest absolute Gasteiger partial charge is 0.481 e. The van der Waals surface area contributed by atoms with E-state index in [0.717, 1.165) is 0 Å². The Bertz CT molecular complexity index is 275. The Balaban J connectivity index is 2.47. The molecule has 2 N–H and O–H groups in total. The Kier molecular flexibility index (Phi) is 5.21. The van der Waals surface area contributed by atoms with Crippen LogP contribution in [0, 0.1) is 5.92 Å². The Hall–Kier alpha value is -1.30. The van der Waals surface area contributed by atoms with Gasteiger partial charge in [-0.15, -0.1) is 0 Å². The molecule has 1 fully saturated rings. The molecule has 0 spiro atoms. The first kappa shape index (κ1) is 13.8. The Morgan fingerprint density at radius 2 is 1.94 bits per heavy atom. The van der Waals surface area contributed by atoms with Gasteiger partial charge in [-0.2, -0.15) is 0 Å². The van der Waals surface area contributed by atoms with Gasteiger partial charge in [-0.25, -0.2) is 4.79 Å². The number of likely N-dealkylation sites (tertiary alicyclic amines) is 1. The number of aliphatic hydroxyl groups excluding tert-OH is 1. The van der Waals surface area contributed by atoms with Gasteiger partial charge in [-0.05, 0) is 19.8 Å². The number of aliphatic hydroxyl groups is 1. The molecule has 0 aromatic rings. The van der Waals surface area contributed by atoms with E-state index in [1.807, 2.05) is 6.92 Å². The van der Waals surface area contributed by atoms with E-state index in [0.29, 0.717) is 39.0 Å². The maximum absolute atomic E-state index is 12.0. The number of nitrogens with zero attached hydrogens (tertiary/aromatic N) is 2. The quantitative estimate of drug-likeness (QED) is 0.741. The second kappa shape index (κ2) is 6.44. The Morgan fingerprint density at radius 1 is 1.35 bits per heavy atom. The van der Waals surface area contributed by atoms with Gasteiger partial charge in [-0.1, -0.05) is 0 Å². The second-order valence-electron chi connectivity index (χ2n) is 4.19. The van der Waals surface area contributed by atoms with Crippen LogP contribution < -0.4 is 0 Å². The van der Waals surface area contributed by atoms with Gasteiger partial charge in [0.05, 0.1) is 12.5 Å². The average Bonchev–Trinajstić information content (AvgIpc) is 2.35. The molecule has 0 aliphatic carbocycles. The number of carbonyl (C=O) groups is 2. The molecule has 1 heterocycles. The number of likely N-dealkylation sites (N-methyl/N-ethyl adjacent to an activating group) is 1. The Labute approximate surface area is 101 Å². The lowest BCUT2D eigenvalue weighted by Crippen LogP contribution is -2.48. The molecule has 0 unspecified atom stereocenters. The molecule has 17 heavy (non-hydrogen) atoms. The first-order chi connectivity index (χ1) is 8.10. The fourth-order valence-electron chi connectivity index (χ4n) is 2.03. The molecule has 1 aliphatic rings. The van der Waals surface area contributed by atoms with Crippen molar-refractivity contribution < 1.29 is 19.8 Å². The maximum atomic E-state index is 12.0. The van der Waals surface area contributed by atoms with Crippen molar-refractivity contribution in [3.8, 4) is 0 Å². The smallest absolute Gasteiger partial charge is 0.320 e. The molecule has 0 atom stereocenters. The summed E-state index contributed by atoms with van der Waals surface area (Å²) < 4.78 is 0. The summed E-state index contributed by atoms with van der Waals surface area (Å²) >= 11 is 0. The third-order valence-corrected chi connectivity index (χ3v) is 3.14. The minimum Gasteiger partial charge on any atom is -0.481 e. The monoisotopic (exact) mass is 244 g/mol. The number of piperidine rings is 1. The number of carboxylic acid groups (broad SMARTS) is 1. The van der Waals surface area contributed by atoms with Crippen LogP contribution >= 0.6 is 0 Å². The van der Waals surface area contributed by atoms with Gasteiger partial charge in [-0.3, -0.25) is 4.79 Å². The maximum Gasteiger partial charge on any atom is 0.320 e. The number of urea groups is 1. The minimum atomic E-state index is -0.778. The number of amides is 2. The van der Waals surface area contributed by atoms with Gasteiger partial charge in [0.25, 0.3) is 0 Å². The number of carbonyl (C=O) groups excluding carboxylic acids is 1. The van der Waals surface area contributed by atoms with Gasteiger partial charge in [0.15, 0.2) is 0 Å². The van der Waals surface area contributed by atoms with Gasteiger partial charge in [0, 0.05) is 26.2 Å². The summed E-state index contributed by atoms with van der Waals surface area (Å²) in [4.78, 5) is 26.0. The first-order valence-electron chi connectivity index (χ1n) is 5.97. The highest BCUT2D eigenvalue weighted by Crippen LogP contribution is 2.18. The van der Waals surface area contributed by atoms with Crippen LogP contribution in [0.2, 0.25) is 0 Å². The SMILES string of the molecule is CCN(CCO)C(=O)N1CCC(C(=O)O)CC1. The summed E-state index contributed by atoms with van der Waals surface area (Å²) in [5.74, 6) is -1.10. The molecule has 2 amide bonds. The number of carboxylic acids is 1. The van der Waals surface area contributed by atoms with Gasteiger partial charge >= 0.3 is 12.0 Å². The molecule has 1 aliphatic heterocycles. The predicted octanol–water partition coefficient (Wildman–Crippen LogP) is 0.217. The predicted molar refractivity (Wildman–Crippen MR) is 61.7 cm³/mol. The normalized spacial score (nSPS) is 16.9. The summed E-state index contributed by atoms with van der Waals surface area (Å²) in [6, 6.07) is -0.106. The summed E-state index contributed by atoms with van der Waals surface area (Å²) in [6.07, 6.45) is 1.02. The number of hydrogen-bond donors (Lipinski definition) is 2. The fourth-order valence-corrected chi connectivity index (χ4v) is 2.03. The van der Waals surface area contributed by atoms with Crippen molar-refractivity contribution in [1.29, 1.82) is 0 Å². The average molecular weight is 244 g/mol. The van der Waals surface area contributed by atoms with Crippen molar-refractivity contribution in [3.05, 3.63) is 0 Å².